The average molecular weight is 279 g/mol. The summed E-state index contributed by atoms with van der Waals surface area (Å²) in [6, 6.07) is 1.75. The maximum Gasteiger partial charge on any atom is 0.325 e. The van der Waals surface area contributed by atoms with Crippen molar-refractivity contribution in [1.29, 1.82) is 0 Å². The topological polar surface area (TPSA) is 84.7 Å². The molecule has 1 amide bonds. The fourth-order valence-electron chi connectivity index (χ4n) is 2.43. The van der Waals surface area contributed by atoms with Crippen LogP contribution in [-0.2, 0) is 16.1 Å². The number of morpholine rings is 1. The van der Waals surface area contributed by atoms with Crippen molar-refractivity contribution in [2.75, 3.05) is 26.3 Å². The highest BCUT2D eigenvalue weighted by molar-refractivity contribution is 5.92. The molecular formula is C13H17N3O4. The lowest BCUT2D eigenvalue weighted by Crippen LogP contribution is -2.40. The molecule has 1 aromatic heterocycles. The predicted octanol–water partition coefficient (Wildman–Crippen LogP) is 0.318. The summed E-state index contributed by atoms with van der Waals surface area (Å²) in [5.74, 6) is -0.729. The molecule has 1 aliphatic carbocycles. The Morgan fingerprint density at radius 3 is 2.65 bits per heavy atom. The number of nitrogens with zero attached hydrogens (tertiary/aromatic N) is 3. The summed E-state index contributed by atoms with van der Waals surface area (Å²) in [6.07, 6.45) is 2.08. The lowest BCUT2D eigenvalue weighted by molar-refractivity contribution is -0.137. The lowest BCUT2D eigenvalue weighted by Gasteiger charge is -2.25. The highest BCUT2D eigenvalue weighted by Gasteiger charge is 2.31. The number of amides is 1. The van der Waals surface area contributed by atoms with Crippen LogP contribution in [0.5, 0.6) is 0 Å². The zero-order chi connectivity index (χ0) is 14.1. The Bertz CT molecular complexity index is 530. The number of carbonyl (C=O) groups is 2. The molecule has 0 atom stereocenters. The van der Waals surface area contributed by atoms with Crippen molar-refractivity contribution in [1.82, 2.24) is 14.7 Å². The highest BCUT2D eigenvalue weighted by atomic mass is 16.5. The fraction of sp³-hybridized carbons (Fsp3) is 0.615. The van der Waals surface area contributed by atoms with E-state index in [2.05, 4.69) is 5.10 Å². The van der Waals surface area contributed by atoms with Crippen LogP contribution in [0.4, 0.5) is 0 Å². The van der Waals surface area contributed by atoms with Crippen molar-refractivity contribution in [2.24, 2.45) is 0 Å². The molecule has 1 saturated heterocycles. The number of carboxylic acid groups (broad SMARTS) is 1. The first kappa shape index (κ1) is 13.1. The summed E-state index contributed by atoms with van der Waals surface area (Å²) < 4.78 is 6.67. The molecular weight excluding hydrogens is 262 g/mol. The zero-order valence-corrected chi connectivity index (χ0v) is 11.1. The number of hydrogen-bond acceptors (Lipinski definition) is 4. The standard InChI is InChI=1S/C13H17N3O4/c17-12(18)8-16-11(9-1-2-9)7-10(14-16)13(19)15-3-5-20-6-4-15/h7,9H,1-6,8H2,(H,17,18). The second kappa shape index (κ2) is 5.24. The molecule has 1 aromatic rings. The number of ether oxygens (including phenoxy) is 1. The maximum atomic E-state index is 12.3. The number of carboxylic acids is 1. The number of hydrogen-bond donors (Lipinski definition) is 1. The van der Waals surface area contributed by atoms with Crippen molar-refractivity contribution < 1.29 is 19.4 Å². The van der Waals surface area contributed by atoms with Gasteiger partial charge >= 0.3 is 5.97 Å². The summed E-state index contributed by atoms with van der Waals surface area (Å²) in [6.45, 7) is 2.00. The molecule has 1 aliphatic heterocycles. The summed E-state index contributed by atoms with van der Waals surface area (Å²) in [4.78, 5) is 24.9. The molecule has 1 saturated carbocycles. The van der Waals surface area contributed by atoms with E-state index in [1.54, 1.807) is 11.0 Å². The molecule has 7 nitrogen and oxygen atoms in total. The van der Waals surface area contributed by atoms with Gasteiger partial charge in [-0.15, -0.1) is 0 Å². The van der Waals surface area contributed by atoms with Gasteiger partial charge in [0.05, 0.1) is 13.2 Å². The third kappa shape index (κ3) is 2.67. The highest BCUT2D eigenvalue weighted by Crippen LogP contribution is 2.40. The normalized spacial score (nSPS) is 19.1. The van der Waals surface area contributed by atoms with Gasteiger partial charge in [-0.3, -0.25) is 14.3 Å². The van der Waals surface area contributed by atoms with E-state index in [9.17, 15) is 9.59 Å². The molecule has 108 valence electrons. The summed E-state index contributed by atoms with van der Waals surface area (Å²) in [5, 5.41) is 13.1. The Hall–Kier alpha value is -1.89. The first-order valence-electron chi connectivity index (χ1n) is 6.81. The van der Waals surface area contributed by atoms with Crippen molar-refractivity contribution in [3.63, 3.8) is 0 Å². The summed E-state index contributed by atoms with van der Waals surface area (Å²) in [7, 11) is 0. The first-order valence-corrected chi connectivity index (χ1v) is 6.81. The molecule has 0 unspecified atom stereocenters. The van der Waals surface area contributed by atoms with Crippen LogP contribution in [0.25, 0.3) is 0 Å². The van der Waals surface area contributed by atoms with Crippen LogP contribution < -0.4 is 0 Å². The molecule has 2 heterocycles. The molecule has 2 aliphatic rings. The largest absolute Gasteiger partial charge is 0.480 e. The van der Waals surface area contributed by atoms with Gasteiger partial charge in [0, 0.05) is 24.7 Å². The summed E-state index contributed by atoms with van der Waals surface area (Å²) in [5.41, 5.74) is 1.21. The predicted molar refractivity (Wildman–Crippen MR) is 68.6 cm³/mol. The van der Waals surface area contributed by atoms with E-state index in [1.165, 1.54) is 4.68 Å². The third-order valence-electron chi connectivity index (χ3n) is 3.61. The Morgan fingerprint density at radius 1 is 1.35 bits per heavy atom. The van der Waals surface area contributed by atoms with Crippen LogP contribution in [0.1, 0.15) is 34.9 Å². The summed E-state index contributed by atoms with van der Waals surface area (Å²) >= 11 is 0. The number of aromatic nitrogens is 2. The van der Waals surface area contributed by atoms with Crippen molar-refractivity contribution >= 4 is 11.9 Å². The minimum absolute atomic E-state index is 0.140. The van der Waals surface area contributed by atoms with Crippen LogP contribution in [0, 0.1) is 0 Å². The Kier molecular flexibility index (Phi) is 3.43. The van der Waals surface area contributed by atoms with E-state index in [-0.39, 0.29) is 12.5 Å². The molecule has 7 heteroatoms. The van der Waals surface area contributed by atoms with Gasteiger partial charge in [0.2, 0.25) is 0 Å². The second-order valence-corrected chi connectivity index (χ2v) is 5.18. The van der Waals surface area contributed by atoms with Crippen molar-refractivity contribution in [3.05, 3.63) is 17.5 Å². The van der Waals surface area contributed by atoms with E-state index < -0.39 is 5.97 Å². The minimum Gasteiger partial charge on any atom is -0.480 e. The molecule has 0 bridgehead atoms. The quantitative estimate of drug-likeness (QED) is 0.858. The fourth-order valence-corrected chi connectivity index (χ4v) is 2.43. The average Bonchev–Trinajstić information content (AvgIpc) is 3.20. The van der Waals surface area contributed by atoms with Gasteiger partial charge in [-0.25, -0.2) is 0 Å². The Morgan fingerprint density at radius 2 is 2.05 bits per heavy atom. The lowest BCUT2D eigenvalue weighted by atomic mass is 10.2. The number of rotatable bonds is 4. The van der Waals surface area contributed by atoms with Crippen LogP contribution >= 0.6 is 0 Å². The van der Waals surface area contributed by atoms with Gasteiger partial charge in [0.25, 0.3) is 5.91 Å². The molecule has 3 rings (SSSR count). The van der Waals surface area contributed by atoms with Gasteiger partial charge in [0.1, 0.15) is 6.54 Å². The van der Waals surface area contributed by atoms with E-state index >= 15 is 0 Å². The van der Waals surface area contributed by atoms with E-state index in [0.29, 0.717) is 37.9 Å². The van der Waals surface area contributed by atoms with Gasteiger partial charge < -0.3 is 14.7 Å². The van der Waals surface area contributed by atoms with Crippen molar-refractivity contribution in [3.8, 4) is 0 Å². The van der Waals surface area contributed by atoms with E-state index in [4.69, 9.17) is 9.84 Å². The number of carbonyl (C=O) groups excluding carboxylic acids is 1. The number of aliphatic carboxylic acids is 1. The second-order valence-electron chi connectivity index (χ2n) is 5.18. The molecule has 20 heavy (non-hydrogen) atoms. The third-order valence-corrected chi connectivity index (χ3v) is 3.61. The molecule has 1 N–H and O–H groups in total. The zero-order valence-electron chi connectivity index (χ0n) is 11.1. The molecule has 2 fully saturated rings. The molecule has 0 radical (unpaired) electrons. The van der Waals surface area contributed by atoms with Crippen LogP contribution in [0.2, 0.25) is 0 Å². The van der Waals surface area contributed by atoms with Crippen LogP contribution in [-0.4, -0.2) is 58.0 Å². The SMILES string of the molecule is O=C(O)Cn1nc(C(=O)N2CCOCC2)cc1C1CC1. The van der Waals surface area contributed by atoms with Gasteiger partial charge in [-0.2, -0.15) is 5.10 Å². The van der Waals surface area contributed by atoms with Crippen molar-refractivity contribution in [2.45, 2.75) is 25.3 Å². The van der Waals surface area contributed by atoms with E-state index in [1.807, 2.05) is 0 Å². The Balaban J connectivity index is 1.81. The maximum absolute atomic E-state index is 12.3. The van der Waals surface area contributed by atoms with Gasteiger partial charge in [-0.1, -0.05) is 0 Å². The molecule has 0 aromatic carbocycles. The van der Waals surface area contributed by atoms with E-state index in [0.717, 1.165) is 18.5 Å². The van der Waals surface area contributed by atoms with Gasteiger partial charge in [-0.05, 0) is 18.9 Å². The smallest absolute Gasteiger partial charge is 0.325 e. The minimum atomic E-state index is -0.944. The van der Waals surface area contributed by atoms with Crippen LogP contribution in [0.3, 0.4) is 0 Å². The monoisotopic (exact) mass is 279 g/mol. The Labute approximate surface area is 116 Å². The van der Waals surface area contributed by atoms with Gasteiger partial charge in [0.15, 0.2) is 5.69 Å². The van der Waals surface area contributed by atoms with Crippen LogP contribution in [0.15, 0.2) is 6.07 Å². The molecule has 0 spiro atoms. The first-order chi connectivity index (χ1) is 9.65.